The summed E-state index contributed by atoms with van der Waals surface area (Å²) in [6, 6.07) is 2.10. The zero-order valence-electron chi connectivity index (χ0n) is 12.1. The maximum absolute atomic E-state index is 4.52. The van der Waals surface area contributed by atoms with E-state index in [0.29, 0.717) is 0 Å². The van der Waals surface area contributed by atoms with Crippen LogP contribution in [-0.2, 0) is 6.54 Å². The minimum atomic E-state index is 0.809. The SMILES string of the molecule is Cc1nsc(N(CCCC2CC2)Cc2cc(C)[nH]n2)n1. The van der Waals surface area contributed by atoms with Gasteiger partial charge in [-0.15, -0.1) is 0 Å². The van der Waals surface area contributed by atoms with Gasteiger partial charge in [0.2, 0.25) is 5.13 Å². The van der Waals surface area contributed by atoms with Crippen LogP contribution in [0.4, 0.5) is 5.13 Å². The van der Waals surface area contributed by atoms with E-state index in [-0.39, 0.29) is 0 Å². The van der Waals surface area contributed by atoms with Crippen LogP contribution < -0.4 is 4.90 Å². The average molecular weight is 291 g/mol. The summed E-state index contributed by atoms with van der Waals surface area (Å²) in [6.07, 6.45) is 5.42. The van der Waals surface area contributed by atoms with E-state index in [4.69, 9.17) is 0 Å². The van der Waals surface area contributed by atoms with E-state index < -0.39 is 0 Å². The quantitative estimate of drug-likeness (QED) is 0.851. The Labute approximate surface area is 123 Å². The molecular weight excluding hydrogens is 270 g/mol. The molecule has 0 unspecified atom stereocenters. The minimum Gasteiger partial charge on any atom is -0.341 e. The van der Waals surface area contributed by atoms with Crippen molar-refractivity contribution in [3.8, 4) is 0 Å². The maximum Gasteiger partial charge on any atom is 0.205 e. The summed E-state index contributed by atoms with van der Waals surface area (Å²) >= 11 is 1.48. The number of aromatic amines is 1. The Hall–Kier alpha value is -1.43. The summed E-state index contributed by atoms with van der Waals surface area (Å²) in [6.45, 7) is 5.82. The first-order chi connectivity index (χ1) is 9.70. The average Bonchev–Trinajstić information content (AvgIpc) is 3.00. The lowest BCUT2D eigenvalue weighted by molar-refractivity contribution is 0.635. The predicted molar refractivity (Wildman–Crippen MR) is 81.0 cm³/mol. The van der Waals surface area contributed by atoms with E-state index in [1.807, 2.05) is 13.8 Å². The normalized spacial score (nSPS) is 14.7. The van der Waals surface area contributed by atoms with Gasteiger partial charge in [-0.2, -0.15) is 9.47 Å². The van der Waals surface area contributed by atoms with Crippen molar-refractivity contribution in [1.29, 1.82) is 0 Å². The zero-order valence-corrected chi connectivity index (χ0v) is 12.9. The number of rotatable bonds is 7. The summed E-state index contributed by atoms with van der Waals surface area (Å²) in [5.74, 6) is 1.84. The third-order valence-corrected chi connectivity index (χ3v) is 4.50. The fraction of sp³-hybridized carbons (Fsp3) is 0.643. The fourth-order valence-electron chi connectivity index (χ4n) is 2.39. The van der Waals surface area contributed by atoms with Crippen molar-refractivity contribution >= 4 is 16.7 Å². The van der Waals surface area contributed by atoms with Crippen molar-refractivity contribution in [3.05, 3.63) is 23.3 Å². The van der Waals surface area contributed by atoms with E-state index >= 15 is 0 Å². The molecule has 2 aromatic heterocycles. The van der Waals surface area contributed by atoms with E-state index in [2.05, 4.69) is 30.5 Å². The highest BCUT2D eigenvalue weighted by Gasteiger charge is 2.21. The lowest BCUT2D eigenvalue weighted by atomic mass is 10.2. The Morgan fingerprint density at radius 3 is 2.85 bits per heavy atom. The molecule has 1 aliphatic rings. The molecule has 1 fully saturated rings. The molecule has 0 spiro atoms. The summed E-state index contributed by atoms with van der Waals surface area (Å²) in [5, 5.41) is 8.35. The van der Waals surface area contributed by atoms with Gasteiger partial charge in [-0.05, 0) is 38.7 Å². The minimum absolute atomic E-state index is 0.809. The highest BCUT2D eigenvalue weighted by Crippen LogP contribution is 2.33. The molecular formula is C14H21N5S. The molecule has 0 aliphatic heterocycles. The molecule has 2 heterocycles. The third-order valence-electron chi connectivity index (χ3n) is 3.64. The molecule has 0 bridgehead atoms. The standard InChI is InChI=1S/C14H21N5S/c1-10-8-13(17-16-10)9-19(7-3-4-12-5-6-12)14-15-11(2)18-20-14/h8,12H,3-7,9H2,1-2H3,(H,16,17). The van der Waals surface area contributed by atoms with Crippen molar-refractivity contribution < 1.29 is 0 Å². The lowest BCUT2D eigenvalue weighted by Crippen LogP contribution is -2.24. The molecule has 5 nitrogen and oxygen atoms in total. The summed E-state index contributed by atoms with van der Waals surface area (Å²) in [4.78, 5) is 6.83. The second-order valence-corrected chi connectivity index (χ2v) is 6.40. The molecule has 0 aromatic carbocycles. The van der Waals surface area contributed by atoms with Gasteiger partial charge in [-0.3, -0.25) is 5.10 Å². The molecule has 0 atom stereocenters. The topological polar surface area (TPSA) is 57.7 Å². The number of nitrogens with zero attached hydrogens (tertiary/aromatic N) is 4. The molecule has 0 saturated heterocycles. The highest BCUT2D eigenvalue weighted by atomic mass is 32.1. The van der Waals surface area contributed by atoms with E-state index in [9.17, 15) is 0 Å². The molecule has 3 rings (SSSR count). The van der Waals surface area contributed by atoms with Gasteiger partial charge < -0.3 is 4.90 Å². The van der Waals surface area contributed by atoms with Crippen LogP contribution in [0, 0.1) is 19.8 Å². The van der Waals surface area contributed by atoms with Crippen LogP contribution in [-0.4, -0.2) is 26.1 Å². The van der Waals surface area contributed by atoms with E-state index in [1.165, 1.54) is 37.2 Å². The van der Waals surface area contributed by atoms with Gasteiger partial charge in [0.15, 0.2) is 0 Å². The maximum atomic E-state index is 4.52. The third kappa shape index (κ3) is 3.56. The van der Waals surface area contributed by atoms with E-state index in [1.54, 1.807) is 0 Å². The van der Waals surface area contributed by atoms with Crippen LogP contribution in [0.25, 0.3) is 0 Å². The van der Waals surface area contributed by atoms with E-state index in [0.717, 1.165) is 41.4 Å². The number of aryl methyl sites for hydroxylation is 2. The number of anilines is 1. The van der Waals surface area contributed by atoms with Crippen molar-refractivity contribution in [3.63, 3.8) is 0 Å². The Kier molecular flexibility index (Phi) is 4.00. The predicted octanol–water partition coefficient (Wildman–Crippen LogP) is 3.07. The van der Waals surface area contributed by atoms with Gasteiger partial charge in [0.25, 0.3) is 0 Å². The molecule has 1 N–H and O–H groups in total. The Morgan fingerprint density at radius 1 is 1.40 bits per heavy atom. The van der Waals surface area contributed by atoms with Crippen LogP contribution in [0.2, 0.25) is 0 Å². The number of hydrogen-bond acceptors (Lipinski definition) is 5. The van der Waals surface area contributed by atoms with Crippen molar-refractivity contribution in [2.45, 2.75) is 46.1 Å². The molecule has 0 radical (unpaired) electrons. The Balaban J connectivity index is 1.64. The number of hydrogen-bond donors (Lipinski definition) is 1. The number of nitrogens with one attached hydrogen (secondary N) is 1. The molecule has 1 aliphatic carbocycles. The highest BCUT2D eigenvalue weighted by molar-refractivity contribution is 7.09. The first-order valence-corrected chi connectivity index (χ1v) is 8.04. The largest absolute Gasteiger partial charge is 0.341 e. The summed E-state index contributed by atoms with van der Waals surface area (Å²) in [7, 11) is 0. The fourth-order valence-corrected chi connectivity index (χ4v) is 3.08. The van der Waals surface area contributed by atoms with Crippen LogP contribution in [0.3, 0.4) is 0 Å². The van der Waals surface area contributed by atoms with Crippen molar-refractivity contribution in [2.24, 2.45) is 5.92 Å². The van der Waals surface area contributed by atoms with Gasteiger partial charge in [-0.1, -0.05) is 12.8 Å². The van der Waals surface area contributed by atoms with Crippen LogP contribution in [0.5, 0.6) is 0 Å². The van der Waals surface area contributed by atoms with Crippen LogP contribution in [0.15, 0.2) is 6.07 Å². The van der Waals surface area contributed by atoms with Gasteiger partial charge in [-0.25, -0.2) is 4.98 Å². The summed E-state index contributed by atoms with van der Waals surface area (Å²) in [5.41, 5.74) is 2.17. The van der Waals surface area contributed by atoms with Gasteiger partial charge in [0.1, 0.15) is 5.82 Å². The molecule has 20 heavy (non-hydrogen) atoms. The monoisotopic (exact) mass is 291 g/mol. The molecule has 1 saturated carbocycles. The first-order valence-electron chi connectivity index (χ1n) is 7.27. The lowest BCUT2D eigenvalue weighted by Gasteiger charge is -2.20. The molecule has 6 heteroatoms. The first kappa shape index (κ1) is 13.5. The van der Waals surface area contributed by atoms with Crippen molar-refractivity contribution in [2.75, 3.05) is 11.4 Å². The van der Waals surface area contributed by atoms with Crippen LogP contribution in [0.1, 0.15) is 42.9 Å². The molecule has 108 valence electrons. The van der Waals surface area contributed by atoms with Crippen molar-refractivity contribution in [1.82, 2.24) is 19.6 Å². The van der Waals surface area contributed by atoms with Gasteiger partial charge >= 0.3 is 0 Å². The molecule has 2 aromatic rings. The second kappa shape index (κ2) is 5.91. The summed E-state index contributed by atoms with van der Waals surface area (Å²) < 4.78 is 4.30. The van der Waals surface area contributed by atoms with Gasteiger partial charge in [0, 0.05) is 23.8 Å². The zero-order chi connectivity index (χ0) is 13.9. The number of aromatic nitrogens is 4. The second-order valence-electron chi connectivity index (χ2n) is 5.67. The smallest absolute Gasteiger partial charge is 0.205 e. The molecule has 0 amide bonds. The Morgan fingerprint density at radius 2 is 2.25 bits per heavy atom. The number of H-pyrrole nitrogens is 1. The van der Waals surface area contributed by atoms with Gasteiger partial charge in [0.05, 0.1) is 12.2 Å². The Bertz CT molecular complexity index is 557. The van der Waals surface area contributed by atoms with Crippen LogP contribution >= 0.6 is 11.5 Å².